The van der Waals surface area contributed by atoms with Crippen LogP contribution in [0.3, 0.4) is 0 Å². The van der Waals surface area contributed by atoms with E-state index in [1.54, 1.807) is 20.8 Å². The summed E-state index contributed by atoms with van der Waals surface area (Å²) in [6.45, 7) is 0.688. The van der Waals surface area contributed by atoms with E-state index in [1.807, 2.05) is 0 Å². The second kappa shape index (κ2) is 8.11. The summed E-state index contributed by atoms with van der Waals surface area (Å²) in [6, 6.07) is 8.42. The molecule has 0 aromatic heterocycles. The van der Waals surface area contributed by atoms with Crippen LogP contribution in [0.5, 0.6) is 0 Å². The summed E-state index contributed by atoms with van der Waals surface area (Å²) >= 11 is 1.73. The minimum absolute atomic E-state index is 0. The number of allylic oxidation sites excluding steroid dienone is 4. The molecule has 0 unspecified atom stereocenters. The van der Waals surface area contributed by atoms with Crippen molar-refractivity contribution in [3.8, 4) is 0 Å². The third-order valence-corrected chi connectivity index (χ3v) is 2.59. The Labute approximate surface area is 121 Å². The molecule has 0 spiro atoms. The first-order chi connectivity index (χ1) is 6.92. The number of hydrogen-bond donors (Lipinski definition) is 0. The zero-order valence-electron chi connectivity index (χ0n) is 8.68. The van der Waals surface area contributed by atoms with Gasteiger partial charge in [-0.05, 0) is 0 Å². The van der Waals surface area contributed by atoms with Gasteiger partial charge in [0.2, 0.25) is 0 Å². The van der Waals surface area contributed by atoms with Crippen molar-refractivity contribution in [1.82, 2.24) is 0 Å². The molecule has 0 fully saturated rings. The van der Waals surface area contributed by atoms with E-state index < -0.39 is 0 Å². The molecule has 4 heteroatoms. The molecule has 0 saturated carbocycles. The Morgan fingerprint density at radius 1 is 1.19 bits per heavy atom. The Kier molecular flexibility index (Phi) is 8.08. The molecule has 1 aromatic rings. The maximum absolute atomic E-state index is 5.18. The van der Waals surface area contributed by atoms with Crippen molar-refractivity contribution in [2.24, 2.45) is 0 Å². The van der Waals surface area contributed by atoms with Gasteiger partial charge >= 0.3 is 96.4 Å². The van der Waals surface area contributed by atoms with E-state index in [2.05, 4.69) is 42.5 Å². The van der Waals surface area contributed by atoms with E-state index in [0.29, 0.717) is 6.61 Å². The van der Waals surface area contributed by atoms with Crippen molar-refractivity contribution in [1.29, 1.82) is 0 Å². The zero-order valence-corrected chi connectivity index (χ0v) is 11.9. The van der Waals surface area contributed by atoms with E-state index in [0.717, 1.165) is 6.42 Å². The number of benzene rings is 1. The third-order valence-electron chi connectivity index (χ3n) is 2.36. The van der Waals surface area contributed by atoms with Gasteiger partial charge in [0.05, 0.1) is 0 Å². The molecule has 0 aliphatic heterocycles. The summed E-state index contributed by atoms with van der Waals surface area (Å²) in [6.07, 6.45) is 7.51. The maximum atomic E-state index is 5.18. The Balaban J connectivity index is 0.00000112. The van der Waals surface area contributed by atoms with Gasteiger partial charge in [0.1, 0.15) is 0 Å². The van der Waals surface area contributed by atoms with Gasteiger partial charge in [0, 0.05) is 0 Å². The number of hydrogen-bond acceptors (Lipinski definition) is 1. The zero-order chi connectivity index (χ0) is 9.80. The molecule has 1 nitrogen and oxygen atoms in total. The predicted octanol–water partition coefficient (Wildman–Crippen LogP) is 3.85. The van der Waals surface area contributed by atoms with Gasteiger partial charge in [-0.15, -0.1) is 24.8 Å². The van der Waals surface area contributed by atoms with E-state index in [9.17, 15) is 0 Å². The molecular weight excluding hydrogens is 279 g/mol. The van der Waals surface area contributed by atoms with Crippen molar-refractivity contribution >= 4 is 30.4 Å². The van der Waals surface area contributed by atoms with Gasteiger partial charge < -0.3 is 0 Å². The summed E-state index contributed by atoms with van der Waals surface area (Å²) in [5, 5.41) is 0. The van der Waals surface area contributed by atoms with Crippen LogP contribution in [-0.2, 0) is 30.7 Å². The Morgan fingerprint density at radius 2 is 1.94 bits per heavy atom. The monoisotopic (exact) mass is 291 g/mol. The molecule has 16 heavy (non-hydrogen) atoms. The Morgan fingerprint density at radius 3 is 2.56 bits per heavy atom. The normalized spacial score (nSPS) is 12.6. The number of halogens is 2. The first kappa shape index (κ1) is 16.0. The number of rotatable bonds is 3. The van der Waals surface area contributed by atoms with Crippen LogP contribution >= 0.6 is 24.8 Å². The van der Waals surface area contributed by atoms with E-state index in [-0.39, 0.29) is 24.8 Å². The molecule has 0 amide bonds. The van der Waals surface area contributed by atoms with Crippen LogP contribution in [0.4, 0.5) is 0 Å². The molecule has 1 aromatic carbocycles. The van der Waals surface area contributed by atoms with Gasteiger partial charge in [0.15, 0.2) is 0 Å². The fraction of sp³-hybridized carbons (Fsp3) is 0.167. The van der Waals surface area contributed by atoms with Crippen molar-refractivity contribution in [2.75, 3.05) is 0 Å². The molecule has 0 saturated heterocycles. The second-order valence-corrected chi connectivity index (χ2v) is 3.72. The van der Waals surface area contributed by atoms with Gasteiger partial charge in [-0.25, -0.2) is 0 Å². The quantitative estimate of drug-likeness (QED) is 0.769. The van der Waals surface area contributed by atoms with Crippen LogP contribution in [0.1, 0.15) is 17.5 Å². The first-order valence-corrected chi connectivity index (χ1v) is 5.28. The molecule has 1 aliphatic carbocycles. The van der Waals surface area contributed by atoms with Crippen LogP contribution in [0, 0.1) is 0 Å². The van der Waals surface area contributed by atoms with Gasteiger partial charge in [-0.2, -0.15) is 0 Å². The second-order valence-electron chi connectivity index (χ2n) is 3.27. The fourth-order valence-electron chi connectivity index (χ4n) is 1.68. The van der Waals surface area contributed by atoms with Crippen molar-refractivity contribution in [3.63, 3.8) is 0 Å². The molecule has 1 aliphatic rings. The SMILES string of the molecule is Cl.Cl.[Ti][O]Cc1ccccc1C1=CC=CC1. The third kappa shape index (κ3) is 3.76. The first-order valence-electron chi connectivity index (χ1n) is 4.64. The minimum atomic E-state index is 0. The average molecular weight is 292 g/mol. The standard InChI is InChI=1S/C12H11O.2ClH.Ti/c13-9-11-7-3-4-8-12(11)10-5-1-2-6-10;;;/h1-5,7-8H,6,9H2;2*1H;/q-1;;;+1. The molecule has 0 radical (unpaired) electrons. The summed E-state index contributed by atoms with van der Waals surface area (Å²) < 4.78 is 5.18. The Bertz CT molecular complexity index is 388. The van der Waals surface area contributed by atoms with Gasteiger partial charge in [0.25, 0.3) is 0 Å². The van der Waals surface area contributed by atoms with Crippen LogP contribution in [-0.4, -0.2) is 0 Å². The predicted molar refractivity (Wildman–Crippen MR) is 67.5 cm³/mol. The topological polar surface area (TPSA) is 9.23 Å². The molecule has 0 atom stereocenters. The van der Waals surface area contributed by atoms with E-state index in [1.165, 1.54) is 16.7 Å². The van der Waals surface area contributed by atoms with Crippen molar-refractivity contribution < 1.29 is 24.1 Å². The molecule has 0 N–H and O–H groups in total. The molecule has 2 rings (SSSR count). The van der Waals surface area contributed by atoms with Crippen LogP contribution in [0.2, 0.25) is 0 Å². The molecule has 0 heterocycles. The fourth-order valence-corrected chi connectivity index (χ4v) is 1.93. The van der Waals surface area contributed by atoms with Crippen LogP contribution < -0.4 is 0 Å². The van der Waals surface area contributed by atoms with Crippen molar-refractivity contribution in [3.05, 3.63) is 53.6 Å². The van der Waals surface area contributed by atoms with Gasteiger partial charge in [-0.3, -0.25) is 0 Å². The molecule has 0 bridgehead atoms. The summed E-state index contributed by atoms with van der Waals surface area (Å²) in [4.78, 5) is 0. The summed E-state index contributed by atoms with van der Waals surface area (Å²) in [5.41, 5.74) is 3.97. The molecular formula is C12H13Cl2OTi. The van der Waals surface area contributed by atoms with Crippen LogP contribution in [0.15, 0.2) is 42.5 Å². The molecule has 85 valence electrons. The van der Waals surface area contributed by atoms with Crippen molar-refractivity contribution in [2.45, 2.75) is 13.0 Å². The van der Waals surface area contributed by atoms with E-state index >= 15 is 0 Å². The average Bonchev–Trinajstić information content (AvgIpc) is 2.72. The van der Waals surface area contributed by atoms with Gasteiger partial charge in [-0.1, -0.05) is 0 Å². The van der Waals surface area contributed by atoms with E-state index in [4.69, 9.17) is 3.32 Å². The summed E-state index contributed by atoms with van der Waals surface area (Å²) in [7, 11) is 0. The van der Waals surface area contributed by atoms with Crippen LogP contribution in [0.25, 0.3) is 5.57 Å². The summed E-state index contributed by atoms with van der Waals surface area (Å²) in [5.74, 6) is 0. The Hall–Kier alpha value is -0.0457.